The molecular weight excluding hydrogens is 212 g/mol. The first kappa shape index (κ1) is 13.3. The summed E-state index contributed by atoms with van der Waals surface area (Å²) < 4.78 is 5.76. The molecule has 2 fully saturated rings. The average molecular weight is 240 g/mol. The third kappa shape index (κ3) is 4.23. The summed E-state index contributed by atoms with van der Waals surface area (Å²) in [6.45, 7) is 9.05. The second-order valence-electron chi connectivity index (χ2n) is 6.48. The van der Waals surface area contributed by atoms with Crippen LogP contribution in [-0.4, -0.2) is 49.8 Å². The van der Waals surface area contributed by atoms with E-state index >= 15 is 0 Å². The van der Waals surface area contributed by atoms with Gasteiger partial charge in [-0.2, -0.15) is 0 Å². The van der Waals surface area contributed by atoms with E-state index in [1.807, 2.05) is 0 Å². The van der Waals surface area contributed by atoms with Gasteiger partial charge in [-0.15, -0.1) is 0 Å². The maximum absolute atomic E-state index is 5.76. The summed E-state index contributed by atoms with van der Waals surface area (Å²) in [5.41, 5.74) is 0.0687. The van der Waals surface area contributed by atoms with Crippen LogP contribution in [0.5, 0.6) is 0 Å². The fourth-order valence-corrected chi connectivity index (χ4v) is 3.18. The maximum Gasteiger partial charge on any atom is 0.0641 e. The lowest BCUT2D eigenvalue weighted by Gasteiger charge is -2.37. The van der Waals surface area contributed by atoms with Gasteiger partial charge in [-0.05, 0) is 65.6 Å². The highest BCUT2D eigenvalue weighted by Gasteiger charge is 2.29. The van der Waals surface area contributed by atoms with Crippen LogP contribution in [0, 0.1) is 5.92 Å². The lowest BCUT2D eigenvalue weighted by Crippen LogP contribution is -2.46. The number of piperidine rings is 1. The predicted molar refractivity (Wildman–Crippen MR) is 71.3 cm³/mol. The van der Waals surface area contributed by atoms with Gasteiger partial charge >= 0.3 is 0 Å². The molecule has 3 heteroatoms. The van der Waals surface area contributed by atoms with E-state index in [0.29, 0.717) is 6.04 Å². The molecule has 0 aliphatic carbocycles. The quantitative estimate of drug-likeness (QED) is 0.815. The number of ether oxygens (including phenoxy) is 1. The molecule has 100 valence electrons. The number of rotatable bonds is 3. The molecule has 17 heavy (non-hydrogen) atoms. The number of hydrogen-bond donors (Lipinski definition) is 1. The smallest absolute Gasteiger partial charge is 0.0641 e. The van der Waals surface area contributed by atoms with E-state index in [1.54, 1.807) is 0 Å². The van der Waals surface area contributed by atoms with Crippen LogP contribution in [0.4, 0.5) is 0 Å². The molecule has 0 saturated carbocycles. The monoisotopic (exact) mass is 240 g/mol. The Kier molecular flexibility index (Phi) is 4.45. The van der Waals surface area contributed by atoms with E-state index in [1.165, 1.54) is 38.9 Å². The number of nitrogens with zero attached hydrogens (tertiary/aromatic N) is 1. The van der Waals surface area contributed by atoms with Crippen LogP contribution in [0.3, 0.4) is 0 Å². The zero-order valence-corrected chi connectivity index (χ0v) is 11.7. The minimum atomic E-state index is 0.0687. The van der Waals surface area contributed by atoms with Crippen molar-refractivity contribution in [1.82, 2.24) is 10.2 Å². The van der Waals surface area contributed by atoms with E-state index in [4.69, 9.17) is 4.74 Å². The molecule has 0 radical (unpaired) electrons. The first-order valence-corrected chi connectivity index (χ1v) is 7.11. The second kappa shape index (κ2) is 5.68. The number of nitrogens with one attached hydrogen (secondary N) is 1. The number of likely N-dealkylation sites (tertiary alicyclic amines) is 1. The lowest BCUT2D eigenvalue weighted by atomic mass is 9.92. The summed E-state index contributed by atoms with van der Waals surface area (Å²) in [6.07, 6.45) is 5.08. The largest absolute Gasteiger partial charge is 0.375 e. The molecule has 2 saturated heterocycles. The van der Waals surface area contributed by atoms with Crippen LogP contribution in [0.2, 0.25) is 0 Å². The Balaban J connectivity index is 1.70. The molecule has 2 heterocycles. The van der Waals surface area contributed by atoms with Crippen molar-refractivity contribution in [2.75, 3.05) is 33.3 Å². The first-order valence-electron chi connectivity index (χ1n) is 7.11. The highest BCUT2D eigenvalue weighted by molar-refractivity contribution is 4.84. The number of hydrogen-bond acceptors (Lipinski definition) is 3. The van der Waals surface area contributed by atoms with Crippen LogP contribution < -0.4 is 5.32 Å². The average Bonchev–Trinajstić information content (AvgIpc) is 2.25. The van der Waals surface area contributed by atoms with E-state index in [2.05, 4.69) is 31.1 Å². The normalized spacial score (nSPS) is 34.8. The van der Waals surface area contributed by atoms with Gasteiger partial charge < -0.3 is 15.0 Å². The zero-order valence-electron chi connectivity index (χ0n) is 11.7. The Hall–Kier alpha value is -0.120. The van der Waals surface area contributed by atoms with Crippen molar-refractivity contribution in [3.8, 4) is 0 Å². The Morgan fingerprint density at radius 2 is 2.18 bits per heavy atom. The minimum Gasteiger partial charge on any atom is -0.375 e. The molecule has 0 amide bonds. The second-order valence-corrected chi connectivity index (χ2v) is 6.48. The molecule has 3 nitrogen and oxygen atoms in total. The van der Waals surface area contributed by atoms with E-state index in [-0.39, 0.29) is 5.60 Å². The molecule has 2 aliphatic heterocycles. The highest BCUT2D eigenvalue weighted by atomic mass is 16.5. The van der Waals surface area contributed by atoms with Crippen molar-refractivity contribution >= 4 is 0 Å². The van der Waals surface area contributed by atoms with Gasteiger partial charge in [-0.25, -0.2) is 0 Å². The summed E-state index contributed by atoms with van der Waals surface area (Å²) in [7, 11) is 2.24. The standard InChI is InChI=1S/C14H28N2O/c1-14(2)9-13(6-8-17-14)15-10-12-5-4-7-16(3)11-12/h12-13,15H,4-11H2,1-3H3. The van der Waals surface area contributed by atoms with Gasteiger partial charge in [0.05, 0.1) is 5.60 Å². The van der Waals surface area contributed by atoms with Crippen LogP contribution >= 0.6 is 0 Å². The fourth-order valence-electron chi connectivity index (χ4n) is 3.18. The third-order valence-corrected chi connectivity index (χ3v) is 4.11. The van der Waals surface area contributed by atoms with Crippen molar-refractivity contribution in [1.29, 1.82) is 0 Å². The summed E-state index contributed by atoms with van der Waals surface area (Å²) in [6, 6.07) is 0.658. The molecule has 0 bridgehead atoms. The van der Waals surface area contributed by atoms with E-state index in [9.17, 15) is 0 Å². The Morgan fingerprint density at radius 3 is 2.88 bits per heavy atom. The van der Waals surface area contributed by atoms with Gasteiger partial charge in [0.15, 0.2) is 0 Å². The molecule has 0 aromatic rings. The van der Waals surface area contributed by atoms with Crippen molar-refractivity contribution in [3.63, 3.8) is 0 Å². The molecule has 2 atom stereocenters. The van der Waals surface area contributed by atoms with Crippen molar-refractivity contribution in [2.24, 2.45) is 5.92 Å². The molecule has 2 unspecified atom stereocenters. The molecule has 2 rings (SSSR count). The topological polar surface area (TPSA) is 24.5 Å². The van der Waals surface area contributed by atoms with Crippen LogP contribution in [0.25, 0.3) is 0 Å². The van der Waals surface area contributed by atoms with Crippen molar-refractivity contribution < 1.29 is 4.74 Å². The third-order valence-electron chi connectivity index (χ3n) is 4.11. The summed E-state index contributed by atoms with van der Waals surface area (Å²) >= 11 is 0. The molecule has 2 aliphatic rings. The summed E-state index contributed by atoms with van der Waals surface area (Å²) in [4.78, 5) is 2.46. The summed E-state index contributed by atoms with van der Waals surface area (Å²) in [5.74, 6) is 0.847. The van der Waals surface area contributed by atoms with Gasteiger partial charge in [0.1, 0.15) is 0 Å². The molecule has 0 aromatic heterocycles. The first-order chi connectivity index (χ1) is 8.05. The van der Waals surface area contributed by atoms with Crippen LogP contribution in [-0.2, 0) is 4.74 Å². The van der Waals surface area contributed by atoms with Crippen LogP contribution in [0.1, 0.15) is 39.5 Å². The summed E-state index contributed by atoms with van der Waals surface area (Å²) in [5, 5.41) is 3.76. The van der Waals surface area contributed by atoms with Gasteiger partial charge in [0, 0.05) is 19.2 Å². The van der Waals surface area contributed by atoms with Crippen LogP contribution in [0.15, 0.2) is 0 Å². The van der Waals surface area contributed by atoms with Gasteiger partial charge in [0.2, 0.25) is 0 Å². The lowest BCUT2D eigenvalue weighted by molar-refractivity contribution is -0.0634. The molecule has 0 spiro atoms. The van der Waals surface area contributed by atoms with Crippen molar-refractivity contribution in [3.05, 3.63) is 0 Å². The minimum absolute atomic E-state index is 0.0687. The molecular formula is C14H28N2O. The van der Waals surface area contributed by atoms with Gasteiger partial charge in [-0.1, -0.05) is 0 Å². The van der Waals surface area contributed by atoms with E-state index in [0.717, 1.165) is 18.9 Å². The Morgan fingerprint density at radius 1 is 1.35 bits per heavy atom. The van der Waals surface area contributed by atoms with Gasteiger partial charge in [-0.3, -0.25) is 0 Å². The fraction of sp³-hybridized carbons (Fsp3) is 1.00. The zero-order chi connectivity index (χ0) is 12.3. The van der Waals surface area contributed by atoms with Gasteiger partial charge in [0.25, 0.3) is 0 Å². The highest BCUT2D eigenvalue weighted by Crippen LogP contribution is 2.24. The maximum atomic E-state index is 5.76. The van der Waals surface area contributed by atoms with Crippen molar-refractivity contribution in [2.45, 2.75) is 51.2 Å². The molecule has 0 aromatic carbocycles. The van der Waals surface area contributed by atoms with E-state index < -0.39 is 0 Å². The Labute approximate surface area is 106 Å². The molecule has 1 N–H and O–H groups in total. The Bertz CT molecular complexity index is 242. The SMILES string of the molecule is CN1CCCC(CNC2CCOC(C)(C)C2)C1. The predicted octanol–water partition coefficient (Wildman–Crippen LogP) is 1.88.